The first-order valence-corrected chi connectivity index (χ1v) is 18.7. The normalized spacial score (nSPS) is 21.6. The molecule has 3 N–H and O–H groups in total. The molecule has 5 rings (SSSR count). The fourth-order valence-corrected chi connectivity index (χ4v) is 6.90. The lowest BCUT2D eigenvalue weighted by molar-refractivity contribution is -0.272. The first-order chi connectivity index (χ1) is 29.2. The second-order valence-corrected chi connectivity index (χ2v) is 14.0. The second-order valence-electron chi connectivity index (χ2n) is 14.0. The van der Waals surface area contributed by atoms with Crippen molar-refractivity contribution in [2.75, 3.05) is 19.5 Å². The molecule has 4 aromatic rings. The van der Waals surface area contributed by atoms with Crippen LogP contribution in [-0.4, -0.2) is 85.8 Å². The third kappa shape index (κ3) is 9.14. The molecule has 62 heavy (non-hydrogen) atoms. The van der Waals surface area contributed by atoms with Gasteiger partial charge in [0.05, 0.1) is 17.2 Å². The summed E-state index contributed by atoms with van der Waals surface area (Å²) < 4.78 is 116. The van der Waals surface area contributed by atoms with Crippen molar-refractivity contribution in [1.29, 1.82) is 0 Å². The molecule has 0 aliphatic carbocycles. The number of hydrogen-bond donors (Lipinski definition) is 3. The topological polar surface area (TPSA) is 176 Å². The van der Waals surface area contributed by atoms with Crippen LogP contribution in [-0.2, 0) is 55.7 Å². The number of benzene rings is 4. The molecular formula is C43H40F6N2O11. The van der Waals surface area contributed by atoms with E-state index in [0.29, 0.717) is 19.8 Å². The highest BCUT2D eigenvalue weighted by Gasteiger charge is 2.65. The predicted octanol–water partition coefficient (Wildman–Crippen LogP) is 5.93. The number of carbonyl (C=O) groups excluding carboxylic acids is 5. The molecule has 0 saturated carbocycles. The van der Waals surface area contributed by atoms with Crippen molar-refractivity contribution in [1.82, 2.24) is 5.32 Å². The lowest BCUT2D eigenvalue weighted by atomic mass is 9.91. The number of cyclic esters (lactones) is 2. The standard InChI is InChI=1S/C43H40F6N2O11/c1-24-32(37(55)61-25(2)33(52)30(36(54)60-24)23-26-15-8-5-9-16-26)51-35(53)29-21-14-22-31(50-38(56)40(58-3,42(44,45)46)27-17-10-6-11-18-27)34(29)62-39(57)41(59-4,43(47,48)49)28-19-12-7-13-20-28/h5-22,24-25,30,32-33,52H,23H2,1-4H3,(H,50,56)(H,51,53)/t24-,25+,30-,32+,33+,40+,41+/m1/s1. The molecule has 0 aromatic heterocycles. The van der Waals surface area contributed by atoms with Gasteiger partial charge in [-0.1, -0.05) is 97.1 Å². The summed E-state index contributed by atoms with van der Waals surface area (Å²) in [6, 6.07) is 20.1. The van der Waals surface area contributed by atoms with Crippen LogP contribution in [0.5, 0.6) is 5.75 Å². The van der Waals surface area contributed by atoms with Crippen LogP contribution >= 0.6 is 0 Å². The summed E-state index contributed by atoms with van der Waals surface area (Å²) in [6.45, 7) is 2.46. The van der Waals surface area contributed by atoms with Gasteiger partial charge in [0.2, 0.25) is 0 Å². The number of halogens is 6. The average Bonchev–Trinajstić information content (AvgIpc) is 3.24. The van der Waals surface area contributed by atoms with E-state index in [4.69, 9.17) is 23.7 Å². The molecule has 330 valence electrons. The van der Waals surface area contributed by atoms with Gasteiger partial charge in [0.15, 0.2) is 11.8 Å². The zero-order chi connectivity index (χ0) is 45.6. The van der Waals surface area contributed by atoms with Gasteiger partial charge in [0, 0.05) is 25.3 Å². The Kier molecular flexibility index (Phi) is 14.1. The number of nitrogens with one attached hydrogen (secondary N) is 2. The Labute approximate surface area is 350 Å². The van der Waals surface area contributed by atoms with Gasteiger partial charge >= 0.3 is 30.3 Å². The van der Waals surface area contributed by atoms with E-state index in [1.54, 1.807) is 30.3 Å². The van der Waals surface area contributed by atoms with Gasteiger partial charge < -0.3 is 39.4 Å². The number of esters is 3. The fraction of sp³-hybridized carbons (Fsp3) is 0.326. The lowest BCUT2D eigenvalue weighted by Crippen LogP contribution is -2.54. The molecule has 0 radical (unpaired) electrons. The Morgan fingerprint density at radius 2 is 1.18 bits per heavy atom. The molecule has 1 aliphatic rings. The molecule has 0 bridgehead atoms. The summed E-state index contributed by atoms with van der Waals surface area (Å²) >= 11 is 0. The van der Waals surface area contributed by atoms with Gasteiger partial charge in [-0.05, 0) is 38.0 Å². The van der Waals surface area contributed by atoms with Gasteiger partial charge in [-0.2, -0.15) is 26.3 Å². The Bertz CT molecular complexity index is 2250. The van der Waals surface area contributed by atoms with Gasteiger partial charge in [0.1, 0.15) is 18.3 Å². The Hall–Kier alpha value is -6.31. The van der Waals surface area contributed by atoms with E-state index in [1.165, 1.54) is 38.1 Å². The van der Waals surface area contributed by atoms with Crippen molar-refractivity contribution in [2.45, 2.75) is 68.2 Å². The van der Waals surface area contributed by atoms with Crippen LogP contribution < -0.4 is 15.4 Å². The highest BCUT2D eigenvalue weighted by atomic mass is 19.4. The number of hydrogen-bond acceptors (Lipinski definition) is 11. The molecule has 1 heterocycles. The van der Waals surface area contributed by atoms with Gasteiger partial charge in [-0.15, -0.1) is 0 Å². The monoisotopic (exact) mass is 874 g/mol. The Morgan fingerprint density at radius 1 is 0.677 bits per heavy atom. The number of carbonyl (C=O) groups is 5. The zero-order valence-electron chi connectivity index (χ0n) is 33.3. The maximum Gasteiger partial charge on any atom is 0.432 e. The molecule has 7 atom stereocenters. The van der Waals surface area contributed by atoms with Crippen molar-refractivity contribution in [2.24, 2.45) is 5.92 Å². The van der Waals surface area contributed by atoms with Gasteiger partial charge in [0.25, 0.3) is 23.0 Å². The highest BCUT2D eigenvalue weighted by molar-refractivity contribution is 6.05. The number of ether oxygens (including phenoxy) is 5. The molecule has 2 amide bonds. The van der Waals surface area contributed by atoms with Gasteiger partial charge in [-0.25, -0.2) is 9.59 Å². The first-order valence-electron chi connectivity index (χ1n) is 18.7. The minimum absolute atomic E-state index is 0.0491. The SMILES string of the molecule is CO[C@](C(=O)Nc1cccc(C(=O)N[C@@H]2C(=O)O[C@@H](C)[C@H](O)[C@@H](Cc3ccccc3)C(=O)O[C@@H]2C)c1OC(=O)[C@@](OC)(c1ccccc1)C(F)(F)F)(c1ccccc1)C(F)(F)F. The number of rotatable bonds is 12. The minimum Gasteiger partial charge on any atom is -0.460 e. The number of amides is 2. The van der Waals surface area contributed by atoms with Crippen LogP contribution in [0, 0.1) is 5.92 Å². The molecule has 1 fully saturated rings. The lowest BCUT2D eigenvalue weighted by Gasteiger charge is -2.34. The van der Waals surface area contributed by atoms with Crippen LogP contribution in [0.3, 0.4) is 0 Å². The summed E-state index contributed by atoms with van der Waals surface area (Å²) in [7, 11) is 1.11. The second kappa shape index (κ2) is 18.8. The Balaban J connectivity index is 1.60. The van der Waals surface area contributed by atoms with Crippen LogP contribution in [0.4, 0.5) is 32.0 Å². The van der Waals surface area contributed by atoms with Crippen molar-refractivity contribution >= 4 is 35.4 Å². The molecule has 13 nitrogen and oxygen atoms in total. The van der Waals surface area contributed by atoms with E-state index in [1.807, 2.05) is 5.32 Å². The van der Waals surface area contributed by atoms with E-state index >= 15 is 13.2 Å². The zero-order valence-corrected chi connectivity index (χ0v) is 33.3. The summed E-state index contributed by atoms with van der Waals surface area (Å²) in [4.78, 5) is 69.1. The number of anilines is 1. The van der Waals surface area contributed by atoms with E-state index in [9.17, 15) is 42.3 Å². The largest absolute Gasteiger partial charge is 0.460 e. The van der Waals surface area contributed by atoms with Crippen molar-refractivity contribution in [3.8, 4) is 5.75 Å². The summed E-state index contributed by atoms with van der Waals surface area (Å²) in [5.74, 6) is -10.5. The third-order valence-corrected chi connectivity index (χ3v) is 10.2. The van der Waals surface area contributed by atoms with Crippen LogP contribution in [0.15, 0.2) is 109 Å². The number of alkyl halides is 6. The molecule has 4 aromatic carbocycles. The third-order valence-electron chi connectivity index (χ3n) is 10.2. The van der Waals surface area contributed by atoms with E-state index in [0.717, 1.165) is 54.6 Å². The maximum atomic E-state index is 15.0. The number of para-hydroxylation sites is 1. The molecule has 1 aliphatic heterocycles. The number of aliphatic hydroxyl groups is 1. The van der Waals surface area contributed by atoms with Crippen LogP contribution in [0.25, 0.3) is 0 Å². The fourth-order valence-electron chi connectivity index (χ4n) is 6.90. The number of methoxy groups -OCH3 is 2. The van der Waals surface area contributed by atoms with E-state index in [-0.39, 0.29) is 6.42 Å². The van der Waals surface area contributed by atoms with E-state index < -0.39 is 112 Å². The van der Waals surface area contributed by atoms with Crippen LogP contribution in [0.1, 0.15) is 40.9 Å². The molecule has 0 spiro atoms. The quantitative estimate of drug-likeness (QED) is 0.0874. The summed E-state index contributed by atoms with van der Waals surface area (Å²) in [5.41, 5.74) is -10.5. The molecule has 19 heteroatoms. The number of aliphatic hydroxyl groups excluding tert-OH is 1. The van der Waals surface area contributed by atoms with Crippen molar-refractivity contribution in [3.05, 3.63) is 131 Å². The maximum absolute atomic E-state index is 15.0. The summed E-state index contributed by atoms with van der Waals surface area (Å²) in [5, 5.41) is 15.2. The van der Waals surface area contributed by atoms with Crippen molar-refractivity contribution in [3.63, 3.8) is 0 Å². The minimum atomic E-state index is -5.59. The van der Waals surface area contributed by atoms with Crippen LogP contribution in [0.2, 0.25) is 0 Å². The van der Waals surface area contributed by atoms with Crippen molar-refractivity contribution < 1.29 is 79.1 Å². The highest BCUT2D eigenvalue weighted by Crippen LogP contribution is 2.46. The molecular weight excluding hydrogens is 834 g/mol. The average molecular weight is 875 g/mol. The Morgan fingerprint density at radius 3 is 1.69 bits per heavy atom. The van der Waals surface area contributed by atoms with Gasteiger partial charge in [-0.3, -0.25) is 14.4 Å². The predicted molar refractivity (Wildman–Crippen MR) is 205 cm³/mol. The smallest absolute Gasteiger partial charge is 0.432 e. The molecule has 0 unspecified atom stereocenters. The van der Waals surface area contributed by atoms with E-state index in [2.05, 4.69) is 5.32 Å². The first kappa shape index (κ1) is 46.8. The summed E-state index contributed by atoms with van der Waals surface area (Å²) in [6.07, 6.45) is -15.7. The molecule has 1 saturated heterocycles.